The number of aliphatic hydroxyl groups excluding tert-OH is 2. The number of carbonyl (C=O) groups excluding carboxylic acids is 3. The number of hydrogen-bond donors (Lipinski definition) is 4. The zero-order valence-corrected chi connectivity index (χ0v) is 45.4. The van der Waals surface area contributed by atoms with Gasteiger partial charge in [0.05, 0.1) is 48.8 Å². The number of fused-ring (bicyclic) bond motifs is 5. The van der Waals surface area contributed by atoms with Crippen LogP contribution in [0.2, 0.25) is 0 Å². The zero-order valence-electron chi connectivity index (χ0n) is 45.4. The van der Waals surface area contributed by atoms with E-state index in [0.29, 0.717) is 38.5 Å². The maximum absolute atomic E-state index is 13.2. The van der Waals surface area contributed by atoms with Gasteiger partial charge >= 0.3 is 11.9 Å². The predicted molar refractivity (Wildman–Crippen MR) is 257 cm³/mol. The Balaban J connectivity index is 0.888. The third kappa shape index (κ3) is 10.2. The molecule has 0 aromatic rings. The van der Waals surface area contributed by atoms with Crippen molar-refractivity contribution in [1.82, 2.24) is 0 Å². The summed E-state index contributed by atoms with van der Waals surface area (Å²) < 4.78 is 86.7. The molecule has 4 heterocycles. The quantitative estimate of drug-likeness (QED) is 0.136. The largest absolute Gasteiger partial charge is 0.458 e. The zero-order chi connectivity index (χ0) is 54.0. The Labute approximate surface area is 434 Å². The molecule has 0 spiro atoms. The molecule has 7 fully saturated rings. The van der Waals surface area contributed by atoms with Crippen LogP contribution in [0.3, 0.4) is 0 Å². The summed E-state index contributed by atoms with van der Waals surface area (Å²) in [6.07, 6.45) is -9.47. The van der Waals surface area contributed by atoms with Crippen LogP contribution >= 0.6 is 0 Å². The van der Waals surface area contributed by atoms with E-state index < -0.39 is 163 Å². The molecule has 8 aliphatic rings. The van der Waals surface area contributed by atoms with E-state index in [4.69, 9.17) is 66.3 Å². The Hall–Kier alpha value is -2.29. The summed E-state index contributed by atoms with van der Waals surface area (Å²) in [7, 11) is 6.21. The number of hydrogen-bond acceptors (Lipinski definition) is 21. The number of aliphatic hydroxyl groups is 4. The second-order valence-corrected chi connectivity index (χ2v) is 22.7. The molecule has 21 heteroatoms. The van der Waals surface area contributed by atoms with Crippen molar-refractivity contribution in [2.75, 3.05) is 28.4 Å². The van der Waals surface area contributed by atoms with Crippen LogP contribution in [0, 0.1) is 22.7 Å². The molecule has 4 aliphatic carbocycles. The Kier molecular flexibility index (Phi) is 17.6. The summed E-state index contributed by atoms with van der Waals surface area (Å²) in [5.74, 6) is -3.12. The molecule has 21 nitrogen and oxygen atoms in total. The van der Waals surface area contributed by atoms with Crippen molar-refractivity contribution in [2.45, 2.75) is 254 Å². The highest BCUT2D eigenvalue weighted by Crippen LogP contribution is 2.70. The average Bonchev–Trinajstić information content (AvgIpc) is 3.64. The summed E-state index contributed by atoms with van der Waals surface area (Å²) in [6.45, 7) is 14.9. The lowest BCUT2D eigenvalue weighted by atomic mass is 9.42. The van der Waals surface area contributed by atoms with Gasteiger partial charge < -0.3 is 86.7 Å². The van der Waals surface area contributed by atoms with Gasteiger partial charge in [-0.2, -0.15) is 0 Å². The number of ether oxygens (including phenoxy) is 14. The molecular weight excluding hydrogens is 973 g/mol. The third-order valence-electron chi connectivity index (χ3n) is 18.5. The first-order valence-electron chi connectivity index (χ1n) is 26.6. The van der Waals surface area contributed by atoms with E-state index in [-0.39, 0.29) is 31.1 Å². The maximum Gasteiger partial charge on any atom is 0.303 e. The van der Waals surface area contributed by atoms with Gasteiger partial charge in [-0.1, -0.05) is 25.5 Å². The second-order valence-electron chi connectivity index (χ2n) is 22.7. The summed E-state index contributed by atoms with van der Waals surface area (Å²) in [5.41, 5.74) is -4.99. The number of esters is 2. The number of methoxy groups -OCH3 is 4. The molecule has 3 saturated carbocycles. The maximum atomic E-state index is 13.2. The lowest BCUT2D eigenvalue weighted by molar-refractivity contribution is -0.356. The molecule has 0 aromatic heterocycles. The normalized spacial score (nSPS) is 50.4. The van der Waals surface area contributed by atoms with Gasteiger partial charge in [-0.05, 0) is 78.6 Å². The Morgan fingerprint density at radius 3 is 1.61 bits per heavy atom. The van der Waals surface area contributed by atoms with Gasteiger partial charge in [-0.25, -0.2) is 0 Å². The minimum Gasteiger partial charge on any atom is -0.458 e. The molecule has 0 bridgehead atoms. The van der Waals surface area contributed by atoms with Gasteiger partial charge in [0.1, 0.15) is 65.8 Å². The topological polar surface area (TPSA) is 261 Å². The molecule has 0 unspecified atom stereocenters. The summed E-state index contributed by atoms with van der Waals surface area (Å²) in [5, 5.41) is 47.3. The van der Waals surface area contributed by atoms with Crippen LogP contribution in [-0.4, -0.2) is 201 Å². The minimum atomic E-state index is -1.85. The highest BCUT2D eigenvalue weighted by atomic mass is 16.8. The fourth-order valence-electron chi connectivity index (χ4n) is 14.8. The van der Waals surface area contributed by atoms with Gasteiger partial charge in [0.15, 0.2) is 25.2 Å². The van der Waals surface area contributed by atoms with Crippen molar-refractivity contribution in [3.8, 4) is 0 Å². The number of Topliss-reactive ketones (excluding diaryl/α,β-unsaturated/α-hetero) is 1. The van der Waals surface area contributed by atoms with E-state index in [9.17, 15) is 34.8 Å². The molecule has 0 radical (unpaired) electrons. The van der Waals surface area contributed by atoms with Crippen molar-refractivity contribution < 1.29 is 101 Å². The average molecular weight is 1060 g/mol. The molecule has 26 atom stereocenters. The molecule has 8 rings (SSSR count). The number of ketones is 1. The van der Waals surface area contributed by atoms with Gasteiger partial charge in [-0.3, -0.25) is 14.4 Å². The Morgan fingerprint density at radius 1 is 0.608 bits per heavy atom. The van der Waals surface area contributed by atoms with Crippen molar-refractivity contribution in [3.63, 3.8) is 0 Å². The van der Waals surface area contributed by atoms with Gasteiger partial charge in [0.25, 0.3) is 0 Å². The first kappa shape index (κ1) is 57.9. The summed E-state index contributed by atoms with van der Waals surface area (Å²) in [4.78, 5) is 38.9. The standard InChI is InChI=1S/C53H84O21/c1-24(54)33-16-19-53(60)51(33,9)48(70-30(7)56)46(69-29(6)55)47-50(8)17-15-32(20-31(50)14-18-52(47,53)59)71-37-21-34(61-10)42(26(3)65-37)72-38-22-35(62-11)43(27(4)66-38)73-39-23-36(63-12)44(28(5)67-39)74-49-41(58)45(64-13)40(57)25(2)68-49/h14,25-28,32-49,57-60H,15-23H2,1-13H3/t25-,26-,27-,28-,32+,33-,34+,35+,36-,37+,38+,39+,40-,41-,42-,43-,44-,45-,46+,47-,48-,49+,50+,51+,52+,53-/m1/s1. The minimum absolute atomic E-state index is 0.0288. The predicted octanol–water partition coefficient (Wildman–Crippen LogP) is 2.94. The molecule has 4 saturated heterocycles. The van der Waals surface area contributed by atoms with Crippen molar-refractivity contribution >= 4 is 17.7 Å². The molecule has 4 N–H and O–H groups in total. The second kappa shape index (κ2) is 22.5. The van der Waals surface area contributed by atoms with E-state index in [1.54, 1.807) is 35.2 Å². The van der Waals surface area contributed by atoms with E-state index in [1.165, 1.54) is 27.9 Å². The lowest BCUT2D eigenvalue weighted by Gasteiger charge is -2.68. The fourth-order valence-corrected chi connectivity index (χ4v) is 14.8. The van der Waals surface area contributed by atoms with Crippen LogP contribution in [0.1, 0.15) is 120 Å². The van der Waals surface area contributed by atoms with Crippen molar-refractivity contribution in [2.24, 2.45) is 22.7 Å². The Bertz CT molecular complexity index is 2020. The van der Waals surface area contributed by atoms with Gasteiger partial charge in [0.2, 0.25) is 0 Å². The van der Waals surface area contributed by atoms with E-state index in [2.05, 4.69) is 0 Å². The van der Waals surface area contributed by atoms with Gasteiger partial charge in [0, 0.05) is 78.8 Å². The molecular formula is C53H84O21. The van der Waals surface area contributed by atoms with E-state index in [0.717, 1.165) is 5.57 Å². The molecule has 422 valence electrons. The Morgan fingerprint density at radius 2 is 1.12 bits per heavy atom. The van der Waals surface area contributed by atoms with Gasteiger partial charge in [-0.15, -0.1) is 0 Å². The van der Waals surface area contributed by atoms with Crippen LogP contribution in [0.5, 0.6) is 0 Å². The summed E-state index contributed by atoms with van der Waals surface area (Å²) >= 11 is 0. The van der Waals surface area contributed by atoms with Crippen molar-refractivity contribution in [3.05, 3.63) is 11.6 Å². The first-order valence-corrected chi connectivity index (χ1v) is 26.6. The number of rotatable bonds is 15. The SMILES string of the molecule is CO[C@H]1[C@@H](O)[C@H](O[C@@H]2[C@@H](C)O[C@@H](O[C@H]3[C@@H](OC)C[C@H](O[C@H]4[C@@H](OC)C[C@H](O[C@H]5CC[C@@]6(C)C(=CC[C@]7(O)[C@@H]6[C@H](OC(C)=O)[C@@H](OC(C)=O)[C@]6(C)[C@@H](C(C)=O)CC[C@@]67O)C5)O[C@@H]4C)O[C@@H]3C)C[C@H]2OC)O[C@H](C)[C@H]1O. The van der Waals surface area contributed by atoms with E-state index >= 15 is 0 Å². The van der Waals surface area contributed by atoms with E-state index in [1.807, 2.05) is 33.8 Å². The van der Waals surface area contributed by atoms with Crippen molar-refractivity contribution in [1.29, 1.82) is 0 Å². The lowest BCUT2D eigenvalue weighted by Crippen LogP contribution is -2.80. The van der Waals surface area contributed by atoms with Crippen LogP contribution in [-0.2, 0) is 80.7 Å². The third-order valence-corrected chi connectivity index (χ3v) is 18.5. The first-order chi connectivity index (χ1) is 34.9. The smallest absolute Gasteiger partial charge is 0.303 e. The highest BCUT2D eigenvalue weighted by Gasteiger charge is 2.80. The molecule has 4 aliphatic heterocycles. The molecule has 0 amide bonds. The van der Waals surface area contributed by atoms with Crippen LogP contribution in [0.25, 0.3) is 0 Å². The van der Waals surface area contributed by atoms with Crippen LogP contribution in [0.4, 0.5) is 0 Å². The number of carbonyl (C=O) groups is 3. The molecule has 74 heavy (non-hydrogen) atoms. The van der Waals surface area contributed by atoms with Crippen LogP contribution in [0.15, 0.2) is 11.6 Å². The highest BCUT2D eigenvalue weighted by molar-refractivity contribution is 5.80. The fraction of sp³-hybridized carbons (Fsp3) is 0.906. The monoisotopic (exact) mass is 1060 g/mol. The molecule has 0 aromatic carbocycles. The summed E-state index contributed by atoms with van der Waals surface area (Å²) in [6, 6.07) is 0. The van der Waals surface area contributed by atoms with Crippen LogP contribution < -0.4 is 0 Å².